The van der Waals surface area contributed by atoms with E-state index in [2.05, 4.69) is 10.6 Å². The molecule has 15 unspecified atom stereocenters. The van der Waals surface area contributed by atoms with E-state index in [-0.39, 0.29) is 19.4 Å². The Balaban J connectivity index is 1.82. The molecule has 17 heteroatoms. The van der Waals surface area contributed by atoms with Crippen LogP contribution in [0, 0.1) is 0 Å². The predicted molar refractivity (Wildman–Crippen MR) is 137 cm³/mol. The molecular formula is C23H46N6O11. The molecule has 15 atom stereocenters. The minimum absolute atomic E-state index is 0.0260. The van der Waals surface area contributed by atoms with Gasteiger partial charge in [-0.2, -0.15) is 0 Å². The Bertz CT molecular complexity index is 802. The van der Waals surface area contributed by atoms with Crippen molar-refractivity contribution >= 4 is 5.91 Å². The van der Waals surface area contributed by atoms with E-state index >= 15 is 0 Å². The standard InChI is InChI=1S/C23H46N6O11/c1-2-28-6-13-11(31)4-9(26)22(37-13)39-19-8(25)3-10(29-21(36)12(32)5-24)20(18(19)35)40-23-17(34)15(27)16(33)14(7-30)38-23/h8-20,22-23,28,30-35H,2-7,24-27H2,1H3,(H,29,36). The largest absolute Gasteiger partial charge is 0.394 e. The van der Waals surface area contributed by atoms with Crippen molar-refractivity contribution in [2.24, 2.45) is 22.9 Å². The molecule has 40 heavy (non-hydrogen) atoms. The number of hydrogen-bond donors (Lipinski definition) is 12. The Morgan fingerprint density at radius 3 is 2.23 bits per heavy atom. The molecule has 0 radical (unpaired) electrons. The minimum atomic E-state index is -1.57. The number of likely N-dealkylation sites (N-methyl/N-ethyl adjacent to an activating group) is 1. The Labute approximate surface area is 232 Å². The Hall–Kier alpha value is -1.13. The maximum absolute atomic E-state index is 12.5. The number of rotatable bonds is 11. The fourth-order valence-corrected chi connectivity index (χ4v) is 5.17. The summed E-state index contributed by atoms with van der Waals surface area (Å²) in [5.74, 6) is -0.844. The van der Waals surface area contributed by atoms with Gasteiger partial charge in [0.05, 0.1) is 36.9 Å². The third kappa shape index (κ3) is 7.63. The molecule has 1 amide bonds. The van der Waals surface area contributed by atoms with Crippen molar-refractivity contribution in [3.8, 4) is 0 Å². The Morgan fingerprint density at radius 1 is 0.950 bits per heavy atom. The van der Waals surface area contributed by atoms with E-state index in [0.717, 1.165) is 0 Å². The van der Waals surface area contributed by atoms with Crippen molar-refractivity contribution in [1.82, 2.24) is 10.6 Å². The highest BCUT2D eigenvalue weighted by Crippen LogP contribution is 2.31. The molecule has 2 aliphatic heterocycles. The fourth-order valence-electron chi connectivity index (χ4n) is 5.17. The second-order valence-electron chi connectivity index (χ2n) is 10.6. The van der Waals surface area contributed by atoms with Gasteiger partial charge in [-0.1, -0.05) is 6.92 Å². The van der Waals surface area contributed by atoms with Crippen LogP contribution in [0.2, 0.25) is 0 Å². The lowest BCUT2D eigenvalue weighted by Gasteiger charge is -2.48. The van der Waals surface area contributed by atoms with Crippen LogP contribution in [0.25, 0.3) is 0 Å². The van der Waals surface area contributed by atoms with Crippen molar-refractivity contribution in [3.05, 3.63) is 0 Å². The number of hydrogen-bond acceptors (Lipinski definition) is 16. The van der Waals surface area contributed by atoms with Crippen molar-refractivity contribution in [2.75, 3.05) is 26.2 Å². The highest BCUT2D eigenvalue weighted by molar-refractivity contribution is 5.81. The monoisotopic (exact) mass is 582 g/mol. The SMILES string of the molecule is CCNCC1OC(OC2C(N)CC(NC(=O)C(O)CN)C(OC3OC(CO)C(O)C(N)C3O)C2O)C(N)CC1O. The molecule has 0 bridgehead atoms. The highest BCUT2D eigenvalue weighted by atomic mass is 16.7. The van der Waals surface area contributed by atoms with Crippen LogP contribution >= 0.6 is 0 Å². The average Bonchev–Trinajstić information content (AvgIpc) is 2.92. The van der Waals surface area contributed by atoms with Crippen LogP contribution in [0.3, 0.4) is 0 Å². The summed E-state index contributed by atoms with van der Waals surface area (Å²) in [6, 6.07) is -3.92. The fraction of sp³-hybridized carbons (Fsp3) is 0.957. The van der Waals surface area contributed by atoms with E-state index in [4.69, 9.17) is 41.9 Å². The van der Waals surface area contributed by atoms with E-state index in [1.54, 1.807) is 0 Å². The first-order valence-corrected chi connectivity index (χ1v) is 13.5. The highest BCUT2D eigenvalue weighted by Gasteiger charge is 2.51. The number of aliphatic hydroxyl groups is 6. The molecule has 0 aromatic heterocycles. The first kappa shape index (κ1) is 33.4. The third-order valence-corrected chi connectivity index (χ3v) is 7.59. The molecular weight excluding hydrogens is 536 g/mol. The van der Waals surface area contributed by atoms with Crippen LogP contribution in [-0.2, 0) is 23.7 Å². The molecule has 3 rings (SSSR count). The summed E-state index contributed by atoms with van der Waals surface area (Å²) in [5.41, 5.74) is 23.8. The zero-order valence-electron chi connectivity index (χ0n) is 22.4. The van der Waals surface area contributed by atoms with Crippen LogP contribution in [0.5, 0.6) is 0 Å². The van der Waals surface area contributed by atoms with Crippen LogP contribution in [0.4, 0.5) is 0 Å². The third-order valence-electron chi connectivity index (χ3n) is 7.59. The molecule has 0 aromatic carbocycles. The number of aliphatic hydroxyl groups excluding tert-OH is 6. The Morgan fingerprint density at radius 2 is 1.60 bits per heavy atom. The molecule has 0 spiro atoms. The van der Waals surface area contributed by atoms with Gasteiger partial charge in [0.25, 0.3) is 0 Å². The number of carbonyl (C=O) groups excluding carboxylic acids is 1. The lowest BCUT2D eigenvalue weighted by atomic mass is 9.83. The quantitative estimate of drug-likeness (QED) is 0.108. The van der Waals surface area contributed by atoms with E-state index < -0.39 is 104 Å². The summed E-state index contributed by atoms with van der Waals surface area (Å²) in [6.45, 7) is 1.88. The molecule has 1 aliphatic carbocycles. The van der Waals surface area contributed by atoms with E-state index in [9.17, 15) is 35.4 Å². The molecule has 3 fully saturated rings. The molecule has 2 saturated heterocycles. The molecule has 17 nitrogen and oxygen atoms in total. The number of nitrogens with two attached hydrogens (primary N) is 4. The van der Waals surface area contributed by atoms with Gasteiger partial charge in [-0.05, 0) is 19.4 Å². The Kier molecular flexibility index (Phi) is 12.4. The summed E-state index contributed by atoms with van der Waals surface area (Å²) < 4.78 is 23.3. The zero-order valence-corrected chi connectivity index (χ0v) is 22.4. The molecule has 3 aliphatic rings. The predicted octanol–water partition coefficient (Wildman–Crippen LogP) is -7.17. The van der Waals surface area contributed by atoms with Crippen molar-refractivity contribution < 1.29 is 54.4 Å². The number of ether oxygens (including phenoxy) is 4. The smallest absolute Gasteiger partial charge is 0.250 e. The normalized spacial score (nSPS) is 45.2. The van der Waals surface area contributed by atoms with Gasteiger partial charge in [0, 0.05) is 19.1 Å². The van der Waals surface area contributed by atoms with Crippen LogP contribution < -0.4 is 33.6 Å². The van der Waals surface area contributed by atoms with E-state index in [1.807, 2.05) is 6.92 Å². The molecule has 2 heterocycles. The summed E-state index contributed by atoms with van der Waals surface area (Å²) >= 11 is 0. The minimum Gasteiger partial charge on any atom is -0.394 e. The van der Waals surface area contributed by atoms with Gasteiger partial charge in [-0.3, -0.25) is 4.79 Å². The molecule has 1 saturated carbocycles. The maximum Gasteiger partial charge on any atom is 0.250 e. The van der Waals surface area contributed by atoms with Crippen LogP contribution in [0.1, 0.15) is 19.8 Å². The maximum atomic E-state index is 12.5. The summed E-state index contributed by atoms with van der Waals surface area (Å²) in [7, 11) is 0. The molecule has 16 N–H and O–H groups in total. The van der Waals surface area contributed by atoms with E-state index in [0.29, 0.717) is 13.1 Å². The van der Waals surface area contributed by atoms with Crippen LogP contribution in [-0.4, -0.2) is 154 Å². The van der Waals surface area contributed by atoms with Gasteiger partial charge in [0.15, 0.2) is 12.6 Å². The topological polar surface area (TPSA) is 304 Å². The zero-order chi connectivity index (χ0) is 29.7. The van der Waals surface area contributed by atoms with Crippen LogP contribution in [0.15, 0.2) is 0 Å². The van der Waals surface area contributed by atoms with Crippen molar-refractivity contribution in [1.29, 1.82) is 0 Å². The first-order valence-electron chi connectivity index (χ1n) is 13.5. The second kappa shape index (κ2) is 14.9. The van der Waals surface area contributed by atoms with Gasteiger partial charge in [0.1, 0.15) is 42.7 Å². The first-order chi connectivity index (χ1) is 18.9. The number of carbonyl (C=O) groups is 1. The number of amides is 1. The lowest BCUT2D eigenvalue weighted by Crippen LogP contribution is -2.69. The van der Waals surface area contributed by atoms with E-state index in [1.165, 1.54) is 0 Å². The van der Waals surface area contributed by atoms with Gasteiger partial charge in [0.2, 0.25) is 5.91 Å². The summed E-state index contributed by atoms with van der Waals surface area (Å²) in [4.78, 5) is 12.5. The molecule has 234 valence electrons. The van der Waals surface area contributed by atoms with Gasteiger partial charge < -0.3 is 83.2 Å². The second-order valence-corrected chi connectivity index (χ2v) is 10.6. The summed E-state index contributed by atoms with van der Waals surface area (Å²) in [5, 5.41) is 67.6. The van der Waals surface area contributed by atoms with Crippen molar-refractivity contribution in [3.63, 3.8) is 0 Å². The number of nitrogens with one attached hydrogen (secondary N) is 2. The van der Waals surface area contributed by atoms with Gasteiger partial charge in [-0.15, -0.1) is 0 Å². The van der Waals surface area contributed by atoms with Gasteiger partial charge >= 0.3 is 0 Å². The van der Waals surface area contributed by atoms with Crippen molar-refractivity contribution in [2.45, 2.75) is 111 Å². The molecule has 0 aromatic rings. The van der Waals surface area contributed by atoms with Gasteiger partial charge in [-0.25, -0.2) is 0 Å². The average molecular weight is 583 g/mol. The summed E-state index contributed by atoms with van der Waals surface area (Å²) in [6.07, 6.45) is -13.7. The lowest BCUT2D eigenvalue weighted by molar-refractivity contribution is -0.316.